The van der Waals surface area contributed by atoms with Crippen molar-refractivity contribution in [2.24, 2.45) is 0 Å². The van der Waals surface area contributed by atoms with Gasteiger partial charge in [-0.2, -0.15) is 18.3 Å². The lowest BCUT2D eigenvalue weighted by Crippen LogP contribution is -2.21. The molecule has 2 N–H and O–H groups in total. The number of ether oxygens (including phenoxy) is 1. The molecule has 1 saturated heterocycles. The van der Waals surface area contributed by atoms with Gasteiger partial charge >= 0.3 is 6.18 Å². The number of nitrogens with zero attached hydrogens (tertiary/aromatic N) is 3. The lowest BCUT2D eigenvalue weighted by Gasteiger charge is -2.16. The number of halogens is 3. The van der Waals surface area contributed by atoms with Gasteiger partial charge in [-0.1, -0.05) is 0 Å². The van der Waals surface area contributed by atoms with Crippen LogP contribution in [0.25, 0.3) is 0 Å². The van der Waals surface area contributed by atoms with E-state index >= 15 is 0 Å². The Kier molecular flexibility index (Phi) is 4.10. The Balaban J connectivity index is 1.35. The highest BCUT2D eigenvalue weighted by Gasteiger charge is 2.35. The van der Waals surface area contributed by atoms with Gasteiger partial charge in [0.1, 0.15) is 11.9 Å². The molecule has 6 nitrogen and oxygen atoms in total. The van der Waals surface area contributed by atoms with Crippen molar-refractivity contribution >= 4 is 5.82 Å². The first-order chi connectivity index (χ1) is 12.0. The Morgan fingerprint density at radius 2 is 2.08 bits per heavy atom. The zero-order chi connectivity index (χ0) is 17.4. The zero-order valence-corrected chi connectivity index (χ0v) is 13.4. The van der Waals surface area contributed by atoms with Gasteiger partial charge in [-0.15, -0.1) is 0 Å². The molecule has 0 bridgehead atoms. The minimum atomic E-state index is -4.44. The number of H-pyrrole nitrogens is 1. The van der Waals surface area contributed by atoms with Crippen molar-refractivity contribution in [3.63, 3.8) is 0 Å². The van der Waals surface area contributed by atoms with Crippen LogP contribution in [0.2, 0.25) is 0 Å². The van der Waals surface area contributed by atoms with Gasteiger partial charge in [0.25, 0.3) is 0 Å². The smallest absolute Gasteiger partial charge is 0.367 e. The van der Waals surface area contributed by atoms with Crippen molar-refractivity contribution in [1.29, 1.82) is 0 Å². The van der Waals surface area contributed by atoms with Crippen molar-refractivity contribution in [3.05, 3.63) is 35.5 Å². The highest BCUT2D eigenvalue weighted by molar-refractivity contribution is 5.45. The van der Waals surface area contributed by atoms with Gasteiger partial charge in [-0.25, -0.2) is 9.97 Å². The molecule has 4 rings (SSSR count). The van der Waals surface area contributed by atoms with E-state index in [1.165, 1.54) is 12.3 Å². The van der Waals surface area contributed by atoms with Gasteiger partial charge in [0, 0.05) is 18.7 Å². The number of rotatable bonds is 5. The molecule has 0 spiro atoms. The molecular weight excluding hydrogens is 335 g/mol. The third kappa shape index (κ3) is 3.60. The lowest BCUT2D eigenvalue weighted by atomic mass is 10.2. The highest BCUT2D eigenvalue weighted by Crippen LogP contribution is 2.39. The molecular formula is C16H18F3N5O. The van der Waals surface area contributed by atoms with E-state index in [-0.39, 0.29) is 24.6 Å². The predicted octanol–water partition coefficient (Wildman–Crippen LogP) is 3.43. The van der Waals surface area contributed by atoms with E-state index in [0.717, 1.165) is 37.6 Å². The van der Waals surface area contributed by atoms with Crippen LogP contribution in [-0.4, -0.2) is 32.8 Å². The molecule has 0 aromatic carbocycles. The van der Waals surface area contributed by atoms with Crippen LogP contribution in [0.5, 0.6) is 0 Å². The van der Waals surface area contributed by atoms with Crippen LogP contribution in [0.1, 0.15) is 54.9 Å². The van der Waals surface area contributed by atoms with Crippen LogP contribution in [-0.2, 0) is 10.9 Å². The van der Waals surface area contributed by atoms with Crippen molar-refractivity contribution in [3.8, 4) is 0 Å². The number of nitrogens with one attached hydrogen (secondary N) is 2. The quantitative estimate of drug-likeness (QED) is 0.861. The first-order valence-electron chi connectivity index (χ1n) is 8.34. The number of alkyl halides is 3. The molecule has 1 aliphatic heterocycles. The normalized spacial score (nSPS) is 23.8. The number of aromatic nitrogens is 4. The summed E-state index contributed by atoms with van der Waals surface area (Å²) in [5, 5.41) is 9.90. The second kappa shape index (κ2) is 6.29. The molecule has 0 amide bonds. The fourth-order valence-electron chi connectivity index (χ4n) is 3.00. The van der Waals surface area contributed by atoms with Gasteiger partial charge in [-0.3, -0.25) is 5.10 Å². The molecule has 1 aliphatic carbocycles. The molecule has 25 heavy (non-hydrogen) atoms. The van der Waals surface area contributed by atoms with E-state index < -0.39 is 11.7 Å². The first-order valence-corrected chi connectivity index (χ1v) is 8.34. The minimum Gasteiger partial charge on any atom is -0.367 e. The molecule has 134 valence electrons. The Bertz CT molecular complexity index is 743. The minimum absolute atomic E-state index is 0.169. The van der Waals surface area contributed by atoms with Crippen LogP contribution >= 0.6 is 0 Å². The van der Waals surface area contributed by atoms with Gasteiger partial charge in [0.15, 0.2) is 11.6 Å². The maximum atomic E-state index is 13.0. The third-order valence-corrected chi connectivity index (χ3v) is 4.49. The van der Waals surface area contributed by atoms with E-state index in [0.29, 0.717) is 11.7 Å². The second-order valence-corrected chi connectivity index (χ2v) is 6.46. The summed E-state index contributed by atoms with van der Waals surface area (Å²) in [5.41, 5.74) is -0.770. The number of pyridine rings is 1. The Morgan fingerprint density at radius 3 is 2.84 bits per heavy atom. The molecule has 1 saturated carbocycles. The Labute approximate surface area is 142 Å². The predicted molar refractivity (Wildman–Crippen MR) is 82.9 cm³/mol. The summed E-state index contributed by atoms with van der Waals surface area (Å²) in [5.74, 6) is 1.84. The van der Waals surface area contributed by atoms with Crippen molar-refractivity contribution in [2.45, 2.75) is 50.0 Å². The van der Waals surface area contributed by atoms with Crippen LogP contribution in [0.3, 0.4) is 0 Å². The number of hydrogen-bond acceptors (Lipinski definition) is 5. The molecule has 0 unspecified atom stereocenters. The number of hydrogen-bond donors (Lipinski definition) is 2. The fraction of sp³-hybridized carbons (Fsp3) is 0.562. The van der Waals surface area contributed by atoms with Crippen molar-refractivity contribution in [2.75, 3.05) is 11.9 Å². The third-order valence-electron chi connectivity index (χ3n) is 4.49. The molecule has 2 fully saturated rings. The topological polar surface area (TPSA) is 75.7 Å². The SMILES string of the molecule is FC(F)(F)c1cccnc1NC[C@H]1CC[C@@H](c2nc(C3CC3)n[nH]2)O1. The van der Waals surface area contributed by atoms with E-state index in [9.17, 15) is 13.2 Å². The van der Waals surface area contributed by atoms with Gasteiger partial charge in [0.2, 0.25) is 0 Å². The van der Waals surface area contributed by atoms with Gasteiger partial charge < -0.3 is 10.1 Å². The van der Waals surface area contributed by atoms with Crippen LogP contribution in [0, 0.1) is 0 Å². The van der Waals surface area contributed by atoms with E-state index in [2.05, 4.69) is 25.5 Å². The summed E-state index contributed by atoms with van der Waals surface area (Å²) >= 11 is 0. The maximum absolute atomic E-state index is 13.0. The summed E-state index contributed by atoms with van der Waals surface area (Å²) in [7, 11) is 0. The van der Waals surface area contributed by atoms with Gasteiger partial charge in [0.05, 0.1) is 11.7 Å². The van der Waals surface area contributed by atoms with E-state index in [1.807, 2.05) is 0 Å². The molecule has 2 aromatic heterocycles. The summed E-state index contributed by atoms with van der Waals surface area (Å²) in [6.07, 6.45) is 0.284. The summed E-state index contributed by atoms with van der Waals surface area (Å²) in [4.78, 5) is 8.28. The fourth-order valence-corrected chi connectivity index (χ4v) is 3.00. The number of aromatic amines is 1. The lowest BCUT2D eigenvalue weighted by molar-refractivity contribution is -0.137. The average Bonchev–Trinajstić information content (AvgIpc) is 3.13. The van der Waals surface area contributed by atoms with Crippen molar-refractivity contribution in [1.82, 2.24) is 20.2 Å². The maximum Gasteiger partial charge on any atom is 0.419 e. The Morgan fingerprint density at radius 1 is 1.24 bits per heavy atom. The summed E-state index contributed by atoms with van der Waals surface area (Å²) in [6, 6.07) is 2.29. The monoisotopic (exact) mass is 353 g/mol. The molecule has 9 heteroatoms. The average molecular weight is 353 g/mol. The van der Waals surface area contributed by atoms with Crippen LogP contribution < -0.4 is 5.32 Å². The molecule has 3 heterocycles. The molecule has 2 aliphatic rings. The van der Waals surface area contributed by atoms with Crippen molar-refractivity contribution < 1.29 is 17.9 Å². The Hall–Kier alpha value is -2.16. The van der Waals surface area contributed by atoms with Crippen LogP contribution in [0.15, 0.2) is 18.3 Å². The standard InChI is InChI=1S/C16H18F3N5O/c17-16(18,19)11-2-1-7-20-14(11)21-8-10-5-6-12(25-10)15-22-13(23-24-15)9-3-4-9/h1-2,7,9-10,12H,3-6,8H2,(H,20,21)(H,22,23,24)/t10-,12+/m1/s1. The molecule has 2 atom stereocenters. The van der Waals surface area contributed by atoms with Gasteiger partial charge in [-0.05, 0) is 37.8 Å². The summed E-state index contributed by atoms with van der Waals surface area (Å²) < 4.78 is 44.8. The van der Waals surface area contributed by atoms with Crippen LogP contribution in [0.4, 0.5) is 19.0 Å². The summed E-state index contributed by atoms with van der Waals surface area (Å²) in [6.45, 7) is 0.264. The second-order valence-electron chi connectivity index (χ2n) is 6.46. The number of anilines is 1. The molecule has 2 aromatic rings. The largest absolute Gasteiger partial charge is 0.419 e. The zero-order valence-electron chi connectivity index (χ0n) is 13.4. The first kappa shape index (κ1) is 16.3. The highest BCUT2D eigenvalue weighted by atomic mass is 19.4. The molecule has 0 radical (unpaired) electrons. The van der Waals surface area contributed by atoms with E-state index in [1.54, 1.807) is 0 Å². The van der Waals surface area contributed by atoms with E-state index in [4.69, 9.17) is 4.74 Å².